The van der Waals surface area contributed by atoms with Gasteiger partial charge in [0.1, 0.15) is 0 Å². The lowest BCUT2D eigenvalue weighted by Gasteiger charge is -2.05. The van der Waals surface area contributed by atoms with E-state index in [1.165, 1.54) is 13.1 Å². The minimum Gasteiger partial charge on any atom is -0.370 e. The molecule has 0 aliphatic heterocycles. The molecule has 6 nitrogen and oxygen atoms in total. The molecule has 1 aromatic carbocycles. The zero-order chi connectivity index (χ0) is 14.3. The third kappa shape index (κ3) is 4.88. The second-order valence-corrected chi connectivity index (χ2v) is 5.87. The first-order valence-electron chi connectivity index (χ1n) is 6.06. The van der Waals surface area contributed by atoms with Crippen LogP contribution in [0.3, 0.4) is 0 Å². The van der Waals surface area contributed by atoms with Gasteiger partial charge in [0.25, 0.3) is 0 Å². The van der Waals surface area contributed by atoms with Crippen LogP contribution in [0.4, 0.5) is 0 Å². The van der Waals surface area contributed by atoms with Crippen molar-refractivity contribution in [3.05, 3.63) is 29.8 Å². The van der Waals surface area contributed by atoms with Crippen LogP contribution in [0.15, 0.2) is 34.2 Å². The van der Waals surface area contributed by atoms with Crippen LogP contribution < -0.4 is 15.8 Å². The molecule has 0 heterocycles. The highest BCUT2D eigenvalue weighted by atomic mass is 32.2. The summed E-state index contributed by atoms with van der Waals surface area (Å²) in [6, 6.07) is 6.62. The standard InChI is InChI=1S/C12H20N4O2S/c1-3-7-15-12(13)16-9-10-5-4-6-11(8-10)19(17,18)14-2/h4-6,8,14H,3,7,9H2,1-2H3,(H3,13,15,16). The highest BCUT2D eigenvalue weighted by Crippen LogP contribution is 2.11. The van der Waals surface area contributed by atoms with Crippen molar-refractivity contribution in [2.45, 2.75) is 24.8 Å². The predicted octanol–water partition coefficient (Wildman–Crippen LogP) is 0.409. The van der Waals surface area contributed by atoms with Gasteiger partial charge in [-0.15, -0.1) is 0 Å². The second kappa shape index (κ2) is 7.10. The highest BCUT2D eigenvalue weighted by Gasteiger charge is 2.10. The Kier molecular flexibility index (Phi) is 5.78. The van der Waals surface area contributed by atoms with Gasteiger partial charge in [-0.1, -0.05) is 19.1 Å². The number of sulfonamides is 1. The van der Waals surface area contributed by atoms with Crippen molar-refractivity contribution in [2.24, 2.45) is 10.7 Å². The number of guanidine groups is 1. The quantitative estimate of drug-likeness (QED) is 0.520. The lowest BCUT2D eigenvalue weighted by atomic mass is 10.2. The summed E-state index contributed by atoms with van der Waals surface area (Å²) in [5, 5.41) is 2.96. The molecule has 0 amide bonds. The van der Waals surface area contributed by atoms with E-state index in [9.17, 15) is 8.42 Å². The van der Waals surface area contributed by atoms with Gasteiger partial charge in [-0.25, -0.2) is 18.1 Å². The van der Waals surface area contributed by atoms with Crippen molar-refractivity contribution >= 4 is 16.0 Å². The van der Waals surface area contributed by atoms with E-state index in [0.717, 1.165) is 18.5 Å². The lowest BCUT2D eigenvalue weighted by Crippen LogP contribution is -2.32. The molecule has 0 saturated heterocycles. The van der Waals surface area contributed by atoms with Crippen LogP contribution in [0.1, 0.15) is 18.9 Å². The molecule has 4 N–H and O–H groups in total. The summed E-state index contributed by atoms with van der Waals surface area (Å²) in [7, 11) is -2.04. The third-order valence-corrected chi connectivity index (χ3v) is 3.88. The molecule has 106 valence electrons. The molecule has 0 aliphatic carbocycles. The maximum atomic E-state index is 11.6. The van der Waals surface area contributed by atoms with Crippen LogP contribution in [0.25, 0.3) is 0 Å². The first-order chi connectivity index (χ1) is 8.99. The fourth-order valence-corrected chi connectivity index (χ4v) is 2.21. The van der Waals surface area contributed by atoms with Crippen LogP contribution in [0.5, 0.6) is 0 Å². The molecule has 7 heteroatoms. The van der Waals surface area contributed by atoms with Crippen LogP contribution >= 0.6 is 0 Å². The fraction of sp³-hybridized carbons (Fsp3) is 0.417. The van der Waals surface area contributed by atoms with E-state index in [1.54, 1.807) is 12.1 Å². The molecule has 0 atom stereocenters. The molecule has 0 radical (unpaired) electrons. The first-order valence-corrected chi connectivity index (χ1v) is 7.54. The van der Waals surface area contributed by atoms with Gasteiger partial charge in [-0.2, -0.15) is 0 Å². The summed E-state index contributed by atoms with van der Waals surface area (Å²) in [5.74, 6) is 0.365. The van der Waals surface area contributed by atoms with Crippen LogP contribution in [-0.4, -0.2) is 28.0 Å². The van der Waals surface area contributed by atoms with Crippen LogP contribution in [-0.2, 0) is 16.6 Å². The Morgan fingerprint density at radius 2 is 2.16 bits per heavy atom. The largest absolute Gasteiger partial charge is 0.370 e. The maximum Gasteiger partial charge on any atom is 0.240 e. The van der Waals surface area contributed by atoms with Crippen LogP contribution in [0, 0.1) is 0 Å². The summed E-state index contributed by atoms with van der Waals surface area (Å²) in [5.41, 5.74) is 6.46. The summed E-state index contributed by atoms with van der Waals surface area (Å²) in [4.78, 5) is 4.37. The van der Waals surface area contributed by atoms with E-state index >= 15 is 0 Å². The van der Waals surface area contributed by atoms with E-state index in [2.05, 4.69) is 15.0 Å². The van der Waals surface area contributed by atoms with Crippen molar-refractivity contribution in [1.82, 2.24) is 10.0 Å². The van der Waals surface area contributed by atoms with Crippen molar-refractivity contribution in [1.29, 1.82) is 0 Å². The molecule has 0 fully saturated rings. The van der Waals surface area contributed by atoms with Crippen molar-refractivity contribution in [3.63, 3.8) is 0 Å². The van der Waals surface area contributed by atoms with Gasteiger partial charge in [0.2, 0.25) is 10.0 Å². The monoisotopic (exact) mass is 284 g/mol. The molecule has 0 aromatic heterocycles. The molecule has 0 aliphatic rings. The number of nitrogens with two attached hydrogens (primary N) is 1. The second-order valence-electron chi connectivity index (χ2n) is 3.98. The van der Waals surface area contributed by atoms with Gasteiger partial charge in [0.15, 0.2) is 5.96 Å². The molecule has 0 unspecified atom stereocenters. The molecule has 19 heavy (non-hydrogen) atoms. The summed E-state index contributed by atoms with van der Waals surface area (Å²) >= 11 is 0. The first kappa shape index (κ1) is 15.5. The minimum absolute atomic E-state index is 0.225. The summed E-state index contributed by atoms with van der Waals surface area (Å²) in [6.45, 7) is 3.14. The molecular formula is C12H20N4O2S. The number of nitrogens with zero attached hydrogens (tertiary/aromatic N) is 1. The Morgan fingerprint density at radius 3 is 2.79 bits per heavy atom. The Hall–Kier alpha value is -1.60. The summed E-state index contributed by atoms with van der Waals surface area (Å²) in [6.07, 6.45) is 0.964. The molecule has 1 aromatic rings. The van der Waals surface area contributed by atoms with Gasteiger partial charge >= 0.3 is 0 Å². The Balaban J connectivity index is 2.78. The average molecular weight is 284 g/mol. The van der Waals surface area contributed by atoms with Gasteiger partial charge in [-0.3, -0.25) is 0 Å². The Labute approximate surface area is 114 Å². The molecule has 0 bridgehead atoms. The highest BCUT2D eigenvalue weighted by molar-refractivity contribution is 7.89. The molecule has 0 saturated carbocycles. The number of rotatable bonds is 6. The Morgan fingerprint density at radius 1 is 1.42 bits per heavy atom. The van der Waals surface area contributed by atoms with E-state index in [-0.39, 0.29) is 4.90 Å². The zero-order valence-electron chi connectivity index (χ0n) is 11.2. The van der Waals surface area contributed by atoms with E-state index < -0.39 is 10.0 Å². The van der Waals surface area contributed by atoms with Crippen molar-refractivity contribution in [2.75, 3.05) is 13.6 Å². The van der Waals surface area contributed by atoms with Gasteiger partial charge in [-0.05, 0) is 31.2 Å². The Bertz CT molecular complexity index is 540. The number of hydrogen-bond acceptors (Lipinski definition) is 3. The van der Waals surface area contributed by atoms with Crippen molar-refractivity contribution in [3.8, 4) is 0 Å². The minimum atomic E-state index is -3.42. The fourth-order valence-electron chi connectivity index (χ4n) is 1.41. The number of benzene rings is 1. The van der Waals surface area contributed by atoms with Crippen molar-refractivity contribution < 1.29 is 8.42 Å². The number of hydrogen-bond donors (Lipinski definition) is 3. The van der Waals surface area contributed by atoms with Gasteiger partial charge < -0.3 is 11.1 Å². The SMILES string of the molecule is CCCNC(N)=NCc1cccc(S(=O)(=O)NC)c1. The topological polar surface area (TPSA) is 96.6 Å². The normalized spacial score (nSPS) is 12.4. The number of aliphatic imine (C=N–C) groups is 1. The average Bonchev–Trinajstić information content (AvgIpc) is 2.43. The summed E-state index contributed by atoms with van der Waals surface area (Å²) < 4.78 is 25.6. The van der Waals surface area contributed by atoms with Gasteiger partial charge in [0.05, 0.1) is 11.4 Å². The maximum absolute atomic E-state index is 11.6. The molecule has 0 spiro atoms. The molecular weight excluding hydrogens is 264 g/mol. The molecule has 1 rings (SSSR count). The smallest absolute Gasteiger partial charge is 0.240 e. The predicted molar refractivity (Wildman–Crippen MR) is 76.3 cm³/mol. The van der Waals surface area contributed by atoms with E-state index in [1.807, 2.05) is 13.0 Å². The zero-order valence-corrected chi connectivity index (χ0v) is 12.0. The van der Waals surface area contributed by atoms with E-state index in [4.69, 9.17) is 5.73 Å². The lowest BCUT2D eigenvalue weighted by molar-refractivity contribution is 0.588. The van der Waals surface area contributed by atoms with Crippen LogP contribution in [0.2, 0.25) is 0 Å². The number of nitrogens with one attached hydrogen (secondary N) is 2. The van der Waals surface area contributed by atoms with Gasteiger partial charge in [0, 0.05) is 6.54 Å². The van der Waals surface area contributed by atoms with E-state index in [0.29, 0.717) is 12.5 Å². The third-order valence-electron chi connectivity index (χ3n) is 2.47.